The quantitative estimate of drug-likeness (QED) is 0.845. The molecule has 0 atom stereocenters. The zero-order valence-electron chi connectivity index (χ0n) is 11.3. The molecule has 3 nitrogen and oxygen atoms in total. The van der Waals surface area contributed by atoms with Crippen molar-refractivity contribution in [3.8, 4) is 0 Å². The van der Waals surface area contributed by atoms with Gasteiger partial charge >= 0.3 is 0 Å². The highest BCUT2D eigenvalue weighted by Crippen LogP contribution is 2.44. The number of nitrogens with one attached hydrogen (secondary N) is 1. The lowest BCUT2D eigenvalue weighted by Gasteiger charge is -2.24. The highest BCUT2D eigenvalue weighted by atomic mass is 32.1. The second-order valence-corrected chi connectivity index (χ2v) is 6.05. The predicted molar refractivity (Wildman–Crippen MR) is 75.0 cm³/mol. The molecule has 0 unspecified atom stereocenters. The molecule has 1 aromatic heterocycles. The van der Waals surface area contributed by atoms with Crippen LogP contribution in [0.4, 0.5) is 5.13 Å². The summed E-state index contributed by atoms with van der Waals surface area (Å²) < 4.78 is 0. The third-order valence-electron chi connectivity index (χ3n) is 3.23. The Morgan fingerprint density at radius 1 is 1.47 bits per heavy atom. The van der Waals surface area contributed by atoms with Crippen molar-refractivity contribution in [1.82, 2.24) is 10.3 Å². The van der Waals surface area contributed by atoms with E-state index < -0.39 is 0 Å². The van der Waals surface area contributed by atoms with Crippen molar-refractivity contribution in [3.05, 3.63) is 10.6 Å². The molecule has 1 N–H and O–H groups in total. The first-order valence-electron chi connectivity index (χ1n) is 6.58. The summed E-state index contributed by atoms with van der Waals surface area (Å²) in [6, 6.07) is 0.528. The molecular formula is C13H23N3S. The average molecular weight is 253 g/mol. The zero-order valence-corrected chi connectivity index (χ0v) is 12.1. The van der Waals surface area contributed by atoms with E-state index in [0.717, 1.165) is 19.0 Å². The Morgan fingerprint density at radius 2 is 2.18 bits per heavy atom. The van der Waals surface area contributed by atoms with Gasteiger partial charge in [-0.1, -0.05) is 0 Å². The summed E-state index contributed by atoms with van der Waals surface area (Å²) in [6.45, 7) is 8.67. The Morgan fingerprint density at radius 3 is 2.65 bits per heavy atom. The van der Waals surface area contributed by atoms with Crippen LogP contribution in [-0.2, 0) is 6.54 Å². The maximum Gasteiger partial charge on any atom is 0.186 e. The van der Waals surface area contributed by atoms with E-state index in [2.05, 4.69) is 31.0 Å². The molecule has 0 saturated heterocycles. The minimum atomic E-state index is 0.528. The number of hydrogen-bond acceptors (Lipinski definition) is 4. The van der Waals surface area contributed by atoms with Crippen molar-refractivity contribution in [2.75, 3.05) is 18.5 Å². The first-order chi connectivity index (χ1) is 8.17. The SMILES string of the molecule is CCN(c1nc(C2CC2)c(CNC)s1)C(C)C. The van der Waals surface area contributed by atoms with Crippen LogP contribution in [0.5, 0.6) is 0 Å². The van der Waals surface area contributed by atoms with Crippen molar-refractivity contribution in [3.63, 3.8) is 0 Å². The number of thiazole rings is 1. The molecular weight excluding hydrogens is 230 g/mol. The average Bonchev–Trinajstić information content (AvgIpc) is 3.03. The van der Waals surface area contributed by atoms with E-state index in [4.69, 9.17) is 4.98 Å². The molecule has 0 radical (unpaired) electrons. The fraction of sp³-hybridized carbons (Fsp3) is 0.769. The molecule has 0 bridgehead atoms. The molecule has 1 aliphatic rings. The number of aromatic nitrogens is 1. The molecule has 4 heteroatoms. The largest absolute Gasteiger partial charge is 0.346 e. The lowest BCUT2D eigenvalue weighted by Crippen LogP contribution is -2.30. The highest BCUT2D eigenvalue weighted by molar-refractivity contribution is 7.15. The molecule has 0 aliphatic heterocycles. The van der Waals surface area contributed by atoms with Crippen molar-refractivity contribution in [2.45, 2.75) is 52.1 Å². The zero-order chi connectivity index (χ0) is 12.4. The Bertz CT molecular complexity index is 369. The maximum absolute atomic E-state index is 4.89. The molecule has 0 amide bonds. The van der Waals surface area contributed by atoms with Crippen LogP contribution in [0.3, 0.4) is 0 Å². The van der Waals surface area contributed by atoms with Gasteiger partial charge in [0.15, 0.2) is 5.13 Å². The van der Waals surface area contributed by atoms with Crippen LogP contribution in [-0.4, -0.2) is 24.6 Å². The third-order valence-corrected chi connectivity index (χ3v) is 4.34. The molecule has 0 aromatic carbocycles. The Labute approximate surface area is 108 Å². The van der Waals surface area contributed by atoms with Crippen LogP contribution in [0.25, 0.3) is 0 Å². The summed E-state index contributed by atoms with van der Waals surface area (Å²) in [5.74, 6) is 0.745. The molecule has 1 saturated carbocycles. The number of hydrogen-bond donors (Lipinski definition) is 1. The number of nitrogens with zero attached hydrogens (tertiary/aromatic N) is 2. The Kier molecular flexibility index (Phi) is 4.05. The predicted octanol–water partition coefficient (Wildman–Crippen LogP) is 2.97. The first-order valence-corrected chi connectivity index (χ1v) is 7.39. The van der Waals surface area contributed by atoms with E-state index in [1.165, 1.54) is 28.5 Å². The van der Waals surface area contributed by atoms with Crippen molar-refractivity contribution < 1.29 is 0 Å². The van der Waals surface area contributed by atoms with Gasteiger partial charge in [0.1, 0.15) is 0 Å². The summed E-state index contributed by atoms with van der Waals surface area (Å²) in [6.07, 6.45) is 2.65. The van der Waals surface area contributed by atoms with Gasteiger partial charge in [-0.25, -0.2) is 4.98 Å². The van der Waals surface area contributed by atoms with Crippen LogP contribution >= 0.6 is 11.3 Å². The van der Waals surface area contributed by atoms with Gasteiger partial charge in [0.2, 0.25) is 0 Å². The smallest absolute Gasteiger partial charge is 0.186 e. The van der Waals surface area contributed by atoms with Crippen LogP contribution in [0, 0.1) is 0 Å². The van der Waals surface area contributed by atoms with Crippen LogP contribution < -0.4 is 10.2 Å². The minimum Gasteiger partial charge on any atom is -0.346 e. The van der Waals surface area contributed by atoms with Crippen molar-refractivity contribution in [1.29, 1.82) is 0 Å². The van der Waals surface area contributed by atoms with Gasteiger partial charge in [-0.2, -0.15) is 0 Å². The Hall–Kier alpha value is -0.610. The molecule has 96 valence electrons. The van der Waals surface area contributed by atoms with Gasteiger partial charge in [-0.15, -0.1) is 11.3 Å². The second-order valence-electron chi connectivity index (χ2n) is 4.99. The van der Waals surface area contributed by atoms with E-state index in [0.29, 0.717) is 6.04 Å². The molecule has 1 aromatic rings. The van der Waals surface area contributed by atoms with Crippen molar-refractivity contribution >= 4 is 16.5 Å². The van der Waals surface area contributed by atoms with Gasteiger partial charge < -0.3 is 10.2 Å². The summed E-state index contributed by atoms with van der Waals surface area (Å²) in [4.78, 5) is 8.71. The normalized spacial score (nSPS) is 15.6. The van der Waals surface area contributed by atoms with Crippen LogP contribution in [0.15, 0.2) is 0 Å². The molecule has 1 aliphatic carbocycles. The molecule has 0 spiro atoms. The second kappa shape index (κ2) is 5.36. The summed E-state index contributed by atoms with van der Waals surface area (Å²) in [7, 11) is 2.01. The fourth-order valence-corrected chi connectivity index (χ4v) is 3.51. The van der Waals surface area contributed by atoms with E-state index in [1.807, 2.05) is 18.4 Å². The summed E-state index contributed by atoms with van der Waals surface area (Å²) in [5.41, 5.74) is 1.36. The molecule has 1 heterocycles. The van der Waals surface area contributed by atoms with Crippen LogP contribution in [0.1, 0.15) is 50.1 Å². The minimum absolute atomic E-state index is 0.528. The monoisotopic (exact) mass is 253 g/mol. The lowest BCUT2D eigenvalue weighted by atomic mass is 10.2. The van der Waals surface area contributed by atoms with Crippen molar-refractivity contribution in [2.24, 2.45) is 0 Å². The Balaban J connectivity index is 2.25. The van der Waals surface area contributed by atoms with E-state index in [-0.39, 0.29) is 0 Å². The van der Waals surface area contributed by atoms with E-state index in [9.17, 15) is 0 Å². The third kappa shape index (κ3) is 2.80. The number of anilines is 1. The van der Waals surface area contributed by atoms with Gasteiger partial charge in [-0.3, -0.25) is 0 Å². The molecule has 2 rings (SSSR count). The van der Waals surface area contributed by atoms with Gasteiger partial charge in [0.25, 0.3) is 0 Å². The lowest BCUT2D eigenvalue weighted by molar-refractivity contribution is 0.699. The van der Waals surface area contributed by atoms with Gasteiger partial charge in [-0.05, 0) is 40.7 Å². The van der Waals surface area contributed by atoms with Gasteiger partial charge in [0.05, 0.1) is 5.69 Å². The van der Waals surface area contributed by atoms with E-state index >= 15 is 0 Å². The topological polar surface area (TPSA) is 28.2 Å². The van der Waals surface area contributed by atoms with Crippen LogP contribution in [0.2, 0.25) is 0 Å². The van der Waals surface area contributed by atoms with Gasteiger partial charge in [0, 0.05) is 29.9 Å². The van der Waals surface area contributed by atoms with E-state index in [1.54, 1.807) is 0 Å². The maximum atomic E-state index is 4.89. The summed E-state index contributed by atoms with van der Waals surface area (Å²) >= 11 is 1.87. The number of rotatable bonds is 6. The summed E-state index contributed by atoms with van der Waals surface area (Å²) in [5, 5.41) is 4.46. The molecule has 17 heavy (non-hydrogen) atoms. The standard InChI is InChI=1S/C13H23N3S/c1-5-16(9(2)3)13-15-12(10-6-7-10)11(17-13)8-14-4/h9-10,14H,5-8H2,1-4H3. The first kappa shape index (κ1) is 12.8. The fourth-order valence-electron chi connectivity index (χ4n) is 2.16. The highest BCUT2D eigenvalue weighted by Gasteiger charge is 2.30. The molecule has 1 fully saturated rings.